The lowest BCUT2D eigenvalue weighted by molar-refractivity contribution is 0.845. The topological polar surface area (TPSA) is 81.2 Å². The third kappa shape index (κ3) is 4.52. The van der Waals surface area contributed by atoms with Gasteiger partial charge in [-0.15, -0.1) is 0 Å². The minimum absolute atomic E-state index is 0.126. The molecule has 2 heterocycles. The molecule has 9 rings (SSSR count). The average molecular weight is 638 g/mol. The molecule has 1 aliphatic rings. The van der Waals surface area contributed by atoms with Crippen LogP contribution in [-0.4, -0.2) is 9.13 Å². The Labute approximate surface area is 288 Å². The average Bonchev–Trinajstić information content (AvgIpc) is 3.69. The number of hydrogen-bond donors (Lipinski definition) is 0. The first-order chi connectivity index (χ1) is 24.6. The molecule has 1 unspecified atom stereocenters. The van der Waals surface area contributed by atoms with Crippen LogP contribution in [0.25, 0.3) is 60.6 Å². The number of rotatable bonds is 4. The fourth-order valence-corrected chi connectivity index (χ4v) is 7.63. The van der Waals surface area contributed by atoms with Crippen LogP contribution in [0.5, 0.6) is 0 Å². The summed E-state index contributed by atoms with van der Waals surface area (Å²) in [6.07, 6.45) is 7.60. The first-order valence-corrected chi connectivity index (χ1v) is 16.6. The summed E-state index contributed by atoms with van der Waals surface area (Å²) in [5, 5.41) is 33.5. The van der Waals surface area contributed by atoms with Crippen LogP contribution in [-0.2, 0) is 0 Å². The van der Waals surface area contributed by atoms with Crippen molar-refractivity contribution in [3.8, 4) is 29.6 Å². The Bertz CT molecular complexity index is 2840. The Hall–Kier alpha value is -7.13. The molecule has 0 saturated heterocycles. The number of nitrogens with zero attached hydrogens (tertiary/aromatic N) is 5. The highest BCUT2D eigenvalue weighted by molar-refractivity contribution is 6.10. The fraction of sp³-hybridized carbons (Fsp3) is 0.0444. The van der Waals surface area contributed by atoms with Gasteiger partial charge in [-0.1, -0.05) is 78.9 Å². The third-order valence-corrected chi connectivity index (χ3v) is 9.94. The second-order valence-electron chi connectivity index (χ2n) is 12.7. The van der Waals surface area contributed by atoms with Crippen molar-refractivity contribution in [1.82, 2.24) is 9.13 Å². The van der Waals surface area contributed by atoms with E-state index < -0.39 is 0 Å². The van der Waals surface area contributed by atoms with Crippen LogP contribution in [0.4, 0.5) is 0 Å². The van der Waals surface area contributed by atoms with Gasteiger partial charge in [-0.2, -0.15) is 15.8 Å². The summed E-state index contributed by atoms with van der Waals surface area (Å²) in [6, 6.07) is 49.9. The molecule has 50 heavy (non-hydrogen) atoms. The zero-order valence-corrected chi connectivity index (χ0v) is 26.9. The van der Waals surface area contributed by atoms with Crippen LogP contribution < -0.4 is 0 Å². The van der Waals surface area contributed by atoms with E-state index in [0.29, 0.717) is 16.7 Å². The number of benzene rings is 6. The van der Waals surface area contributed by atoms with Gasteiger partial charge < -0.3 is 9.13 Å². The van der Waals surface area contributed by atoms with E-state index in [2.05, 4.69) is 124 Å². The molecule has 232 valence electrons. The summed E-state index contributed by atoms with van der Waals surface area (Å²) in [4.78, 5) is 0. The SMILES string of the molecule is N#Cc1ccc(C2C=CC(c3cccc(-n4c5ccc(C#N)cc5c5ccc(C#N)cc54)c3)=CC2)c(-n2c3ccccc3c3ccccc32)c1. The van der Waals surface area contributed by atoms with Gasteiger partial charge in [0.15, 0.2) is 0 Å². The number of aromatic nitrogens is 2. The fourth-order valence-electron chi connectivity index (χ4n) is 7.63. The summed E-state index contributed by atoms with van der Waals surface area (Å²) >= 11 is 0. The summed E-state index contributed by atoms with van der Waals surface area (Å²) in [7, 11) is 0. The lowest BCUT2D eigenvalue weighted by atomic mass is 9.86. The molecule has 1 atom stereocenters. The first kappa shape index (κ1) is 29.0. The molecule has 8 aromatic rings. The molecule has 1 aliphatic carbocycles. The monoisotopic (exact) mass is 637 g/mol. The first-order valence-electron chi connectivity index (χ1n) is 16.6. The van der Waals surface area contributed by atoms with Crippen LogP contribution in [0.15, 0.2) is 146 Å². The second-order valence-corrected chi connectivity index (χ2v) is 12.7. The number of para-hydroxylation sites is 2. The summed E-state index contributed by atoms with van der Waals surface area (Å²) < 4.78 is 4.49. The maximum Gasteiger partial charge on any atom is 0.0992 e. The molecule has 0 bridgehead atoms. The maximum absolute atomic E-state index is 9.89. The van der Waals surface area contributed by atoms with Crippen LogP contribution in [0.3, 0.4) is 0 Å². The predicted octanol–water partition coefficient (Wildman–Crippen LogP) is 10.6. The third-order valence-electron chi connectivity index (χ3n) is 9.94. The van der Waals surface area contributed by atoms with E-state index in [1.807, 2.05) is 48.5 Å². The Balaban J connectivity index is 1.12. The molecule has 0 aliphatic heterocycles. The second kappa shape index (κ2) is 11.5. The Kier molecular flexibility index (Phi) is 6.70. The zero-order valence-electron chi connectivity index (χ0n) is 26.9. The minimum atomic E-state index is 0.126. The molecule has 2 aromatic heterocycles. The van der Waals surface area contributed by atoms with Crippen molar-refractivity contribution < 1.29 is 0 Å². The van der Waals surface area contributed by atoms with Crippen molar-refractivity contribution >= 4 is 49.2 Å². The van der Waals surface area contributed by atoms with E-state index in [4.69, 9.17) is 0 Å². The predicted molar refractivity (Wildman–Crippen MR) is 200 cm³/mol. The summed E-state index contributed by atoms with van der Waals surface area (Å²) in [5.74, 6) is 0.126. The molecule has 0 spiro atoms. The number of hydrogen-bond acceptors (Lipinski definition) is 3. The van der Waals surface area contributed by atoms with Gasteiger partial charge in [0.1, 0.15) is 0 Å². The molecule has 5 nitrogen and oxygen atoms in total. The highest BCUT2D eigenvalue weighted by Crippen LogP contribution is 2.39. The van der Waals surface area contributed by atoms with Crippen LogP contribution in [0.1, 0.15) is 40.2 Å². The molecule has 0 saturated carbocycles. The van der Waals surface area contributed by atoms with E-state index >= 15 is 0 Å². The van der Waals surface area contributed by atoms with Gasteiger partial charge >= 0.3 is 0 Å². The van der Waals surface area contributed by atoms with E-state index in [1.54, 1.807) is 0 Å². The largest absolute Gasteiger partial charge is 0.309 e. The number of fused-ring (bicyclic) bond motifs is 6. The van der Waals surface area contributed by atoms with Gasteiger partial charge in [-0.3, -0.25) is 0 Å². The molecule has 0 fully saturated rings. The lowest BCUT2D eigenvalue weighted by Crippen LogP contribution is -2.06. The van der Waals surface area contributed by atoms with Crippen molar-refractivity contribution in [3.05, 3.63) is 173 Å². The van der Waals surface area contributed by atoms with E-state index in [9.17, 15) is 15.8 Å². The van der Waals surface area contributed by atoms with Crippen molar-refractivity contribution in [2.45, 2.75) is 12.3 Å². The molecule has 6 aromatic carbocycles. The van der Waals surface area contributed by atoms with Gasteiger partial charge in [-0.25, -0.2) is 0 Å². The van der Waals surface area contributed by atoms with Crippen molar-refractivity contribution in [2.75, 3.05) is 0 Å². The Morgan fingerprint density at radius 3 is 1.88 bits per heavy atom. The smallest absolute Gasteiger partial charge is 0.0992 e. The highest BCUT2D eigenvalue weighted by Gasteiger charge is 2.21. The molecule has 0 amide bonds. The molecular formula is C45H27N5. The standard InChI is InChI=1S/C45H27N5/c46-26-29-14-21-43-40(22-29)39-20-13-31(28-48)24-45(39)49(43)35-7-5-6-34(25-35)32-15-17-33(18-16-32)36-19-12-30(27-47)23-44(36)50-41-10-3-1-8-37(41)38-9-2-4-11-42(38)50/h1-17,19-25,33H,18H2. The van der Waals surface area contributed by atoms with E-state index in [1.165, 1.54) is 16.3 Å². The van der Waals surface area contributed by atoms with Crippen molar-refractivity contribution in [1.29, 1.82) is 15.8 Å². The normalized spacial score (nSPS) is 14.1. The number of nitriles is 3. The highest BCUT2D eigenvalue weighted by atomic mass is 15.0. The lowest BCUT2D eigenvalue weighted by Gasteiger charge is -2.22. The van der Waals surface area contributed by atoms with Gasteiger partial charge in [0, 0.05) is 33.2 Å². The molecular weight excluding hydrogens is 611 g/mol. The van der Waals surface area contributed by atoms with Gasteiger partial charge in [-0.05, 0) is 89.9 Å². The van der Waals surface area contributed by atoms with Crippen molar-refractivity contribution in [2.24, 2.45) is 0 Å². The Morgan fingerprint density at radius 2 is 1.16 bits per heavy atom. The number of allylic oxidation sites excluding steroid dienone is 4. The Morgan fingerprint density at radius 1 is 0.520 bits per heavy atom. The molecule has 5 heteroatoms. The van der Waals surface area contributed by atoms with Crippen LogP contribution >= 0.6 is 0 Å². The zero-order chi connectivity index (χ0) is 33.8. The quantitative estimate of drug-likeness (QED) is 0.193. The van der Waals surface area contributed by atoms with E-state index in [-0.39, 0.29) is 5.92 Å². The minimum Gasteiger partial charge on any atom is -0.309 e. The van der Waals surface area contributed by atoms with E-state index in [0.717, 1.165) is 61.8 Å². The summed E-state index contributed by atoms with van der Waals surface area (Å²) in [5.41, 5.74) is 11.4. The summed E-state index contributed by atoms with van der Waals surface area (Å²) in [6.45, 7) is 0. The maximum atomic E-state index is 9.89. The molecule has 0 N–H and O–H groups in total. The van der Waals surface area contributed by atoms with Crippen LogP contribution in [0, 0.1) is 34.0 Å². The van der Waals surface area contributed by atoms with Gasteiger partial charge in [0.05, 0.1) is 62.7 Å². The van der Waals surface area contributed by atoms with Gasteiger partial charge in [0.25, 0.3) is 0 Å². The van der Waals surface area contributed by atoms with Crippen LogP contribution in [0.2, 0.25) is 0 Å². The molecule has 0 radical (unpaired) electrons. The van der Waals surface area contributed by atoms with Crippen molar-refractivity contribution in [3.63, 3.8) is 0 Å². The van der Waals surface area contributed by atoms with Gasteiger partial charge in [0.2, 0.25) is 0 Å².